The SMILES string of the molecule is CC(C)(C)OC(=O)NC1(C)CCN(CC(=O)c2cccc(Cl)c2)C1=O. The van der Waals surface area contributed by atoms with E-state index in [1.807, 2.05) is 0 Å². The van der Waals surface area contributed by atoms with Crippen molar-refractivity contribution in [3.05, 3.63) is 34.9 Å². The van der Waals surface area contributed by atoms with Gasteiger partial charge in [-0.2, -0.15) is 0 Å². The monoisotopic (exact) mass is 366 g/mol. The predicted octanol–water partition coefficient (Wildman–Crippen LogP) is 3.04. The van der Waals surface area contributed by atoms with Crippen molar-refractivity contribution in [3.63, 3.8) is 0 Å². The number of carbonyl (C=O) groups is 3. The van der Waals surface area contributed by atoms with E-state index >= 15 is 0 Å². The summed E-state index contributed by atoms with van der Waals surface area (Å²) in [7, 11) is 0. The van der Waals surface area contributed by atoms with Crippen LogP contribution >= 0.6 is 11.6 Å². The molecule has 1 atom stereocenters. The average molecular weight is 367 g/mol. The number of amides is 2. The lowest BCUT2D eigenvalue weighted by atomic mass is 10.0. The molecule has 1 unspecified atom stereocenters. The van der Waals surface area contributed by atoms with Crippen LogP contribution in [-0.2, 0) is 9.53 Å². The van der Waals surface area contributed by atoms with E-state index in [1.165, 1.54) is 4.90 Å². The van der Waals surface area contributed by atoms with Crippen LogP contribution in [0.5, 0.6) is 0 Å². The highest BCUT2D eigenvalue weighted by Crippen LogP contribution is 2.24. The van der Waals surface area contributed by atoms with Crippen molar-refractivity contribution in [1.82, 2.24) is 10.2 Å². The van der Waals surface area contributed by atoms with Crippen LogP contribution in [0.2, 0.25) is 5.02 Å². The molecule has 0 aliphatic carbocycles. The number of nitrogens with zero attached hydrogens (tertiary/aromatic N) is 1. The van der Waals surface area contributed by atoms with Crippen LogP contribution in [0.25, 0.3) is 0 Å². The Morgan fingerprint density at radius 2 is 2.04 bits per heavy atom. The lowest BCUT2D eigenvalue weighted by Gasteiger charge is -2.27. The van der Waals surface area contributed by atoms with Gasteiger partial charge in [-0.3, -0.25) is 9.59 Å². The van der Waals surface area contributed by atoms with E-state index in [2.05, 4.69) is 5.32 Å². The second kappa shape index (κ2) is 7.04. The molecular formula is C18H23ClN2O4. The van der Waals surface area contributed by atoms with Crippen molar-refractivity contribution >= 4 is 29.4 Å². The number of benzene rings is 1. The van der Waals surface area contributed by atoms with Crippen LogP contribution < -0.4 is 5.32 Å². The largest absolute Gasteiger partial charge is 0.444 e. The molecule has 1 aromatic rings. The number of hydrogen-bond acceptors (Lipinski definition) is 4. The first-order chi connectivity index (χ1) is 11.5. The molecule has 1 fully saturated rings. The molecule has 2 rings (SSSR count). The summed E-state index contributed by atoms with van der Waals surface area (Å²) in [6.45, 7) is 7.23. The molecule has 1 saturated heterocycles. The number of Topliss-reactive ketones (excluding diaryl/α,β-unsaturated/α-hetero) is 1. The highest BCUT2D eigenvalue weighted by Gasteiger charge is 2.45. The third-order valence-corrected chi connectivity index (χ3v) is 4.13. The quantitative estimate of drug-likeness (QED) is 0.831. The lowest BCUT2D eigenvalue weighted by Crippen LogP contribution is -2.53. The smallest absolute Gasteiger partial charge is 0.408 e. The highest BCUT2D eigenvalue weighted by atomic mass is 35.5. The molecule has 0 aromatic heterocycles. The fourth-order valence-corrected chi connectivity index (χ4v) is 2.83. The Hall–Kier alpha value is -2.08. The normalized spacial score (nSPS) is 20.5. The summed E-state index contributed by atoms with van der Waals surface area (Å²) in [4.78, 5) is 38.4. The molecule has 136 valence electrons. The summed E-state index contributed by atoms with van der Waals surface area (Å²) in [6.07, 6.45) is -0.236. The Kier molecular flexibility index (Phi) is 5.42. The first-order valence-corrected chi connectivity index (χ1v) is 8.47. The van der Waals surface area contributed by atoms with Crippen LogP contribution in [0.4, 0.5) is 4.79 Å². The topological polar surface area (TPSA) is 75.7 Å². The van der Waals surface area contributed by atoms with Gasteiger partial charge in [-0.25, -0.2) is 4.79 Å². The maximum Gasteiger partial charge on any atom is 0.408 e. The predicted molar refractivity (Wildman–Crippen MR) is 94.8 cm³/mol. The Morgan fingerprint density at radius 3 is 2.64 bits per heavy atom. The maximum atomic E-state index is 12.6. The summed E-state index contributed by atoms with van der Waals surface area (Å²) in [5.41, 5.74) is -1.27. The molecule has 1 aliphatic rings. The summed E-state index contributed by atoms with van der Waals surface area (Å²) in [6, 6.07) is 6.60. The summed E-state index contributed by atoms with van der Waals surface area (Å²) in [5, 5.41) is 3.10. The number of rotatable bonds is 4. The fourth-order valence-electron chi connectivity index (χ4n) is 2.64. The van der Waals surface area contributed by atoms with E-state index in [1.54, 1.807) is 52.0 Å². The standard InChI is InChI=1S/C18H23ClN2O4/c1-17(2,3)25-16(24)20-18(4)8-9-21(15(18)23)11-14(22)12-6-5-7-13(19)10-12/h5-7,10H,8-9,11H2,1-4H3,(H,20,24). The number of likely N-dealkylation sites (tertiary alicyclic amines) is 1. The minimum absolute atomic E-state index is 0.0508. The second-order valence-electron chi connectivity index (χ2n) is 7.37. The van der Waals surface area contributed by atoms with Gasteiger partial charge in [-0.15, -0.1) is 0 Å². The number of ketones is 1. The van der Waals surface area contributed by atoms with Crippen LogP contribution in [0.1, 0.15) is 44.5 Å². The minimum Gasteiger partial charge on any atom is -0.444 e. The second-order valence-corrected chi connectivity index (χ2v) is 7.81. The first-order valence-electron chi connectivity index (χ1n) is 8.09. The van der Waals surface area contributed by atoms with Crippen molar-refractivity contribution in [3.8, 4) is 0 Å². The molecular weight excluding hydrogens is 344 g/mol. The van der Waals surface area contributed by atoms with Gasteiger partial charge in [0.1, 0.15) is 11.1 Å². The van der Waals surface area contributed by atoms with Crippen LogP contribution in [-0.4, -0.2) is 46.9 Å². The number of hydrogen-bond donors (Lipinski definition) is 1. The van der Waals surface area contributed by atoms with E-state index in [0.717, 1.165) is 0 Å². The molecule has 0 spiro atoms. The van der Waals surface area contributed by atoms with E-state index in [4.69, 9.17) is 16.3 Å². The Morgan fingerprint density at radius 1 is 1.36 bits per heavy atom. The maximum absolute atomic E-state index is 12.6. The third-order valence-electron chi connectivity index (χ3n) is 3.90. The van der Waals surface area contributed by atoms with Gasteiger partial charge >= 0.3 is 6.09 Å². The molecule has 0 saturated carbocycles. The van der Waals surface area contributed by atoms with Crippen molar-refractivity contribution in [2.24, 2.45) is 0 Å². The zero-order valence-corrected chi connectivity index (χ0v) is 15.6. The molecule has 1 N–H and O–H groups in total. The van der Waals surface area contributed by atoms with E-state index in [0.29, 0.717) is 23.6 Å². The van der Waals surface area contributed by atoms with Gasteiger partial charge in [0.2, 0.25) is 5.91 Å². The number of carbonyl (C=O) groups excluding carboxylic acids is 3. The van der Waals surface area contributed by atoms with Gasteiger partial charge < -0.3 is 15.0 Å². The minimum atomic E-state index is -1.07. The average Bonchev–Trinajstić information content (AvgIpc) is 2.73. The van der Waals surface area contributed by atoms with Gasteiger partial charge in [0.25, 0.3) is 0 Å². The van der Waals surface area contributed by atoms with Gasteiger partial charge in [-0.1, -0.05) is 23.7 Å². The van der Waals surface area contributed by atoms with E-state index in [-0.39, 0.29) is 18.2 Å². The Balaban J connectivity index is 2.01. The first kappa shape index (κ1) is 19.2. The van der Waals surface area contributed by atoms with Crippen LogP contribution in [0, 0.1) is 0 Å². The molecule has 25 heavy (non-hydrogen) atoms. The molecule has 0 radical (unpaired) electrons. The van der Waals surface area contributed by atoms with Crippen molar-refractivity contribution in [2.45, 2.75) is 45.3 Å². The molecule has 2 amide bonds. The van der Waals surface area contributed by atoms with Crippen molar-refractivity contribution < 1.29 is 19.1 Å². The molecule has 1 heterocycles. The lowest BCUT2D eigenvalue weighted by molar-refractivity contribution is -0.132. The van der Waals surface area contributed by atoms with Gasteiger partial charge in [0, 0.05) is 17.1 Å². The van der Waals surface area contributed by atoms with Crippen LogP contribution in [0.15, 0.2) is 24.3 Å². The number of alkyl carbamates (subject to hydrolysis) is 1. The molecule has 1 aliphatic heterocycles. The number of ether oxygens (including phenoxy) is 1. The van der Waals surface area contributed by atoms with E-state index in [9.17, 15) is 14.4 Å². The zero-order chi connectivity index (χ0) is 18.8. The van der Waals surface area contributed by atoms with Crippen molar-refractivity contribution in [1.29, 1.82) is 0 Å². The summed E-state index contributed by atoms with van der Waals surface area (Å²) in [5.74, 6) is -0.494. The summed E-state index contributed by atoms with van der Waals surface area (Å²) < 4.78 is 5.21. The molecule has 6 nitrogen and oxygen atoms in total. The summed E-state index contributed by atoms with van der Waals surface area (Å²) >= 11 is 5.90. The third kappa shape index (κ3) is 4.95. The molecule has 1 aromatic carbocycles. The fraction of sp³-hybridized carbons (Fsp3) is 0.500. The van der Waals surface area contributed by atoms with Gasteiger partial charge in [-0.05, 0) is 46.2 Å². The molecule has 0 bridgehead atoms. The Bertz CT molecular complexity index is 699. The zero-order valence-electron chi connectivity index (χ0n) is 14.9. The van der Waals surface area contributed by atoms with Crippen molar-refractivity contribution in [2.75, 3.05) is 13.1 Å². The highest BCUT2D eigenvalue weighted by molar-refractivity contribution is 6.31. The Labute approximate surface area is 152 Å². The van der Waals surface area contributed by atoms with Gasteiger partial charge in [0.05, 0.1) is 6.54 Å². The number of nitrogens with one attached hydrogen (secondary N) is 1. The molecule has 7 heteroatoms. The van der Waals surface area contributed by atoms with E-state index < -0.39 is 17.2 Å². The number of halogens is 1. The van der Waals surface area contributed by atoms with Crippen LogP contribution in [0.3, 0.4) is 0 Å². The van der Waals surface area contributed by atoms with Gasteiger partial charge in [0.15, 0.2) is 5.78 Å².